The average molecular weight is 257 g/mol. The summed E-state index contributed by atoms with van der Waals surface area (Å²) in [6.45, 7) is 4.26. The van der Waals surface area contributed by atoms with Crippen molar-refractivity contribution in [2.75, 3.05) is 52.4 Å². The number of carbonyl (C=O) groups is 2. The third-order valence-corrected chi connectivity index (χ3v) is 3.56. The zero-order chi connectivity index (χ0) is 13.1. The summed E-state index contributed by atoms with van der Waals surface area (Å²) >= 11 is 0. The lowest BCUT2D eigenvalue weighted by atomic mass is 10.0. The molecule has 0 atom stereocenters. The maximum atomic E-state index is 12.0. The summed E-state index contributed by atoms with van der Waals surface area (Å²) in [5, 5.41) is 17.6. The molecule has 2 aliphatic rings. The fraction of sp³-hybridized carbons (Fsp3) is 0.818. The molecule has 0 bridgehead atoms. The fourth-order valence-corrected chi connectivity index (χ4v) is 2.30. The van der Waals surface area contributed by atoms with E-state index in [1.54, 1.807) is 9.80 Å². The molecule has 2 N–H and O–H groups in total. The van der Waals surface area contributed by atoms with E-state index in [4.69, 9.17) is 10.2 Å². The second-order valence-electron chi connectivity index (χ2n) is 4.78. The van der Waals surface area contributed by atoms with Crippen molar-refractivity contribution in [1.29, 1.82) is 0 Å². The Hall–Kier alpha value is -1.34. The number of β-amino-alcohol motifs (C(OH)–C–C–N with tert-alkyl or cyclic N) is 1. The smallest absolute Gasteiger partial charge is 0.320 e. The average Bonchev–Trinajstić information content (AvgIpc) is 2.27. The van der Waals surface area contributed by atoms with Crippen molar-refractivity contribution in [1.82, 2.24) is 14.7 Å². The second kappa shape index (κ2) is 5.53. The summed E-state index contributed by atoms with van der Waals surface area (Å²) in [5.41, 5.74) is 0. The highest BCUT2D eigenvalue weighted by atomic mass is 16.4. The quantitative estimate of drug-likeness (QED) is 0.659. The van der Waals surface area contributed by atoms with Crippen LogP contribution < -0.4 is 0 Å². The van der Waals surface area contributed by atoms with Crippen molar-refractivity contribution in [2.24, 2.45) is 5.92 Å². The van der Waals surface area contributed by atoms with Crippen molar-refractivity contribution in [2.45, 2.75) is 0 Å². The highest BCUT2D eigenvalue weighted by Gasteiger charge is 2.38. The topological polar surface area (TPSA) is 84.3 Å². The van der Waals surface area contributed by atoms with Crippen LogP contribution in [0.1, 0.15) is 0 Å². The SMILES string of the molecule is O=C(O)C1CN(C(=O)N2CCN(CCO)CC2)C1. The van der Waals surface area contributed by atoms with Crippen LogP contribution in [0.5, 0.6) is 0 Å². The van der Waals surface area contributed by atoms with Gasteiger partial charge in [0.15, 0.2) is 0 Å². The van der Waals surface area contributed by atoms with Gasteiger partial charge in [-0.3, -0.25) is 9.69 Å². The molecule has 2 aliphatic heterocycles. The maximum absolute atomic E-state index is 12.0. The summed E-state index contributed by atoms with van der Waals surface area (Å²) in [4.78, 5) is 28.1. The molecule has 102 valence electrons. The van der Waals surface area contributed by atoms with Gasteiger partial charge in [0.2, 0.25) is 0 Å². The van der Waals surface area contributed by atoms with Crippen molar-refractivity contribution < 1.29 is 19.8 Å². The normalized spacial score (nSPS) is 21.8. The predicted octanol–water partition coefficient (Wildman–Crippen LogP) is -1.27. The minimum atomic E-state index is -0.827. The zero-order valence-electron chi connectivity index (χ0n) is 10.3. The Morgan fingerprint density at radius 2 is 1.67 bits per heavy atom. The number of piperazine rings is 1. The number of amides is 2. The van der Waals surface area contributed by atoms with Crippen LogP contribution in [0.15, 0.2) is 0 Å². The number of aliphatic carboxylic acids is 1. The number of hydrogen-bond acceptors (Lipinski definition) is 4. The molecule has 7 heteroatoms. The number of nitrogens with zero attached hydrogens (tertiary/aromatic N) is 3. The first-order valence-corrected chi connectivity index (χ1v) is 6.21. The molecular weight excluding hydrogens is 238 g/mol. The van der Waals surface area contributed by atoms with Gasteiger partial charge in [-0.25, -0.2) is 4.79 Å². The molecule has 2 rings (SSSR count). The maximum Gasteiger partial charge on any atom is 0.320 e. The van der Waals surface area contributed by atoms with Crippen LogP contribution in [0.2, 0.25) is 0 Å². The third kappa shape index (κ3) is 2.73. The summed E-state index contributed by atoms with van der Waals surface area (Å²) in [7, 11) is 0. The van der Waals surface area contributed by atoms with Gasteiger partial charge in [0.1, 0.15) is 0 Å². The Labute approximate surface area is 106 Å². The molecule has 18 heavy (non-hydrogen) atoms. The van der Waals surface area contributed by atoms with Crippen LogP contribution in [-0.2, 0) is 4.79 Å². The molecular formula is C11H19N3O4. The zero-order valence-corrected chi connectivity index (χ0v) is 10.3. The monoisotopic (exact) mass is 257 g/mol. The van der Waals surface area contributed by atoms with Crippen LogP contribution in [0.4, 0.5) is 4.79 Å². The first-order valence-electron chi connectivity index (χ1n) is 6.21. The van der Waals surface area contributed by atoms with Crippen LogP contribution in [0.25, 0.3) is 0 Å². The number of aliphatic hydroxyl groups excluding tert-OH is 1. The van der Waals surface area contributed by atoms with E-state index in [0.29, 0.717) is 32.7 Å². The molecule has 0 unspecified atom stereocenters. The van der Waals surface area contributed by atoms with Gasteiger partial charge in [-0.2, -0.15) is 0 Å². The summed E-state index contributed by atoms with van der Waals surface area (Å²) < 4.78 is 0. The Morgan fingerprint density at radius 3 is 2.17 bits per heavy atom. The number of urea groups is 1. The largest absolute Gasteiger partial charge is 0.481 e. The number of carboxylic acid groups (broad SMARTS) is 1. The van der Waals surface area contributed by atoms with E-state index >= 15 is 0 Å². The lowest BCUT2D eigenvalue weighted by molar-refractivity contribution is -0.146. The molecule has 0 saturated carbocycles. The van der Waals surface area contributed by atoms with E-state index in [9.17, 15) is 9.59 Å². The van der Waals surface area contributed by atoms with Gasteiger partial charge in [-0.05, 0) is 0 Å². The van der Waals surface area contributed by atoms with Crippen LogP contribution in [-0.4, -0.2) is 89.3 Å². The molecule has 2 heterocycles. The van der Waals surface area contributed by atoms with Gasteiger partial charge >= 0.3 is 12.0 Å². The molecule has 0 spiro atoms. The molecule has 2 amide bonds. The Kier molecular flexibility index (Phi) is 4.03. The van der Waals surface area contributed by atoms with Crippen LogP contribution in [0, 0.1) is 5.92 Å². The van der Waals surface area contributed by atoms with E-state index in [0.717, 1.165) is 13.1 Å². The summed E-state index contributed by atoms with van der Waals surface area (Å²) in [5.74, 6) is -1.23. The molecule has 0 aromatic carbocycles. The van der Waals surface area contributed by atoms with Crippen molar-refractivity contribution in [3.8, 4) is 0 Å². The van der Waals surface area contributed by atoms with Crippen molar-refractivity contribution in [3.63, 3.8) is 0 Å². The first-order chi connectivity index (χ1) is 8.61. The van der Waals surface area contributed by atoms with Gasteiger partial charge < -0.3 is 20.0 Å². The van der Waals surface area contributed by atoms with E-state index in [1.165, 1.54) is 0 Å². The van der Waals surface area contributed by atoms with Crippen LogP contribution >= 0.6 is 0 Å². The van der Waals surface area contributed by atoms with Gasteiger partial charge in [0.25, 0.3) is 0 Å². The number of likely N-dealkylation sites (tertiary alicyclic amines) is 1. The second-order valence-corrected chi connectivity index (χ2v) is 4.78. The van der Waals surface area contributed by atoms with E-state index in [1.807, 2.05) is 0 Å². The third-order valence-electron chi connectivity index (χ3n) is 3.56. The first kappa shape index (κ1) is 13.1. The van der Waals surface area contributed by atoms with E-state index in [2.05, 4.69) is 4.90 Å². The fourth-order valence-electron chi connectivity index (χ4n) is 2.30. The lowest BCUT2D eigenvalue weighted by Gasteiger charge is -2.42. The highest BCUT2D eigenvalue weighted by Crippen LogP contribution is 2.18. The minimum absolute atomic E-state index is 0.0591. The predicted molar refractivity (Wildman–Crippen MR) is 63.2 cm³/mol. The molecule has 2 fully saturated rings. The lowest BCUT2D eigenvalue weighted by Crippen LogP contribution is -2.60. The molecule has 2 saturated heterocycles. The van der Waals surface area contributed by atoms with Gasteiger partial charge in [-0.15, -0.1) is 0 Å². The van der Waals surface area contributed by atoms with Gasteiger partial charge in [0, 0.05) is 45.8 Å². The molecule has 0 aromatic heterocycles. The van der Waals surface area contributed by atoms with E-state index < -0.39 is 11.9 Å². The summed E-state index contributed by atoms with van der Waals surface area (Å²) in [6, 6.07) is -0.0591. The number of hydrogen-bond donors (Lipinski definition) is 2. The van der Waals surface area contributed by atoms with Gasteiger partial charge in [0.05, 0.1) is 12.5 Å². The standard InChI is InChI=1S/C11H19N3O4/c15-6-5-12-1-3-13(4-2-12)11(18)14-7-9(8-14)10(16)17/h9,15H,1-8H2,(H,16,17). The Morgan fingerprint density at radius 1 is 1.06 bits per heavy atom. The van der Waals surface area contributed by atoms with Crippen LogP contribution in [0.3, 0.4) is 0 Å². The summed E-state index contributed by atoms with van der Waals surface area (Å²) in [6.07, 6.45) is 0. The molecule has 7 nitrogen and oxygen atoms in total. The minimum Gasteiger partial charge on any atom is -0.481 e. The van der Waals surface area contributed by atoms with Crippen molar-refractivity contribution >= 4 is 12.0 Å². The molecule has 0 radical (unpaired) electrons. The van der Waals surface area contributed by atoms with Crippen molar-refractivity contribution in [3.05, 3.63) is 0 Å². The molecule has 0 aromatic rings. The molecule has 0 aliphatic carbocycles. The van der Waals surface area contributed by atoms with E-state index in [-0.39, 0.29) is 12.6 Å². The number of carbonyl (C=O) groups excluding carboxylic acids is 1. The van der Waals surface area contributed by atoms with Gasteiger partial charge in [-0.1, -0.05) is 0 Å². The Bertz CT molecular complexity index is 322. The number of rotatable bonds is 3. The Balaban J connectivity index is 1.74. The number of aliphatic hydroxyl groups is 1. The highest BCUT2D eigenvalue weighted by molar-refractivity contribution is 5.79. The number of carboxylic acids is 1.